The lowest BCUT2D eigenvalue weighted by Gasteiger charge is -2.33. The van der Waals surface area contributed by atoms with Gasteiger partial charge in [-0.2, -0.15) is 0 Å². The maximum absolute atomic E-state index is 14.0. The van der Waals surface area contributed by atoms with Gasteiger partial charge in [0.05, 0.1) is 10.6 Å². The standard InChI is InChI=1S/C29H32Cl3N3O4S/c1-5-20(3)33-29(37)21(4)34(17-22-11-12-24(31)16-26(22)32)28(36)18-35(27-14-13-23(30)15-19(27)2)40(38,39)25-9-7-6-8-10-25/h6-16,20-21H,5,17-18H2,1-4H3,(H,33,37)/t20-,21+/m1/s1. The van der Waals surface area contributed by atoms with Crippen LogP contribution in [0.2, 0.25) is 15.1 Å². The maximum Gasteiger partial charge on any atom is 0.264 e. The molecule has 3 rings (SSSR count). The molecule has 7 nitrogen and oxygen atoms in total. The highest BCUT2D eigenvalue weighted by atomic mass is 35.5. The van der Waals surface area contributed by atoms with Gasteiger partial charge in [0.2, 0.25) is 11.8 Å². The Balaban J connectivity index is 2.07. The van der Waals surface area contributed by atoms with Crippen molar-refractivity contribution in [2.24, 2.45) is 0 Å². The summed E-state index contributed by atoms with van der Waals surface area (Å²) in [5, 5.41) is 4.07. The number of hydrogen-bond donors (Lipinski definition) is 1. The lowest BCUT2D eigenvalue weighted by Crippen LogP contribution is -2.52. The topological polar surface area (TPSA) is 86.8 Å². The Morgan fingerprint density at radius 3 is 2.15 bits per heavy atom. The molecule has 3 aromatic rings. The van der Waals surface area contributed by atoms with Crippen LogP contribution < -0.4 is 9.62 Å². The summed E-state index contributed by atoms with van der Waals surface area (Å²) < 4.78 is 28.8. The number of carbonyl (C=O) groups is 2. The van der Waals surface area contributed by atoms with Gasteiger partial charge in [0.25, 0.3) is 10.0 Å². The zero-order chi connectivity index (χ0) is 29.6. The molecule has 0 bridgehead atoms. The molecule has 0 aliphatic rings. The maximum atomic E-state index is 14.0. The Bertz CT molecular complexity index is 1470. The predicted octanol–water partition coefficient (Wildman–Crippen LogP) is 6.48. The number of rotatable bonds is 11. The van der Waals surface area contributed by atoms with Crippen molar-refractivity contribution in [3.63, 3.8) is 0 Å². The van der Waals surface area contributed by atoms with E-state index in [4.69, 9.17) is 34.8 Å². The first-order valence-electron chi connectivity index (χ1n) is 12.7. The minimum absolute atomic E-state index is 0.0204. The van der Waals surface area contributed by atoms with Crippen LogP contribution in [0.4, 0.5) is 5.69 Å². The van der Waals surface area contributed by atoms with Gasteiger partial charge < -0.3 is 10.2 Å². The summed E-state index contributed by atoms with van der Waals surface area (Å²) >= 11 is 18.6. The lowest BCUT2D eigenvalue weighted by atomic mass is 10.1. The van der Waals surface area contributed by atoms with Crippen molar-refractivity contribution in [2.75, 3.05) is 10.8 Å². The molecule has 0 spiro atoms. The number of sulfonamides is 1. The number of nitrogens with one attached hydrogen (secondary N) is 1. The highest BCUT2D eigenvalue weighted by Crippen LogP contribution is 2.30. The second kappa shape index (κ2) is 13.7. The molecule has 11 heteroatoms. The summed E-state index contributed by atoms with van der Waals surface area (Å²) in [6, 6.07) is 16.4. The SMILES string of the molecule is CC[C@@H](C)NC(=O)[C@H](C)N(Cc1ccc(Cl)cc1Cl)C(=O)CN(c1ccc(Cl)cc1C)S(=O)(=O)c1ccccc1. The van der Waals surface area contributed by atoms with Crippen molar-refractivity contribution in [2.45, 2.75) is 57.6 Å². The van der Waals surface area contributed by atoms with Crippen molar-refractivity contribution in [3.8, 4) is 0 Å². The summed E-state index contributed by atoms with van der Waals surface area (Å²) in [7, 11) is -4.17. The van der Waals surface area contributed by atoms with Gasteiger partial charge in [0.15, 0.2) is 0 Å². The molecule has 0 radical (unpaired) electrons. The molecule has 0 unspecified atom stereocenters. The number of aryl methyl sites for hydroxylation is 1. The largest absolute Gasteiger partial charge is 0.352 e. The summed E-state index contributed by atoms with van der Waals surface area (Å²) in [6.07, 6.45) is 0.703. The highest BCUT2D eigenvalue weighted by Gasteiger charge is 2.33. The third kappa shape index (κ3) is 7.69. The molecule has 2 atom stereocenters. The van der Waals surface area contributed by atoms with Crippen molar-refractivity contribution < 1.29 is 18.0 Å². The molecule has 0 saturated heterocycles. The summed E-state index contributed by atoms with van der Waals surface area (Å²) in [5.41, 5.74) is 1.42. The van der Waals surface area contributed by atoms with Crippen LogP contribution in [0, 0.1) is 6.92 Å². The van der Waals surface area contributed by atoms with Crippen molar-refractivity contribution in [3.05, 3.63) is 92.9 Å². The van der Waals surface area contributed by atoms with Gasteiger partial charge in [0.1, 0.15) is 12.6 Å². The summed E-state index contributed by atoms with van der Waals surface area (Å²) in [6.45, 7) is 6.52. The number of nitrogens with zero attached hydrogens (tertiary/aromatic N) is 2. The lowest BCUT2D eigenvalue weighted by molar-refractivity contribution is -0.139. The van der Waals surface area contributed by atoms with E-state index in [-0.39, 0.29) is 23.4 Å². The van der Waals surface area contributed by atoms with Crippen LogP contribution >= 0.6 is 34.8 Å². The van der Waals surface area contributed by atoms with E-state index >= 15 is 0 Å². The van der Waals surface area contributed by atoms with Crippen LogP contribution in [-0.2, 0) is 26.2 Å². The molecular weight excluding hydrogens is 593 g/mol. The van der Waals surface area contributed by atoms with Gasteiger partial charge in [-0.25, -0.2) is 8.42 Å². The van der Waals surface area contributed by atoms with Crippen LogP contribution in [-0.4, -0.2) is 43.8 Å². The van der Waals surface area contributed by atoms with Crippen LogP contribution in [0.3, 0.4) is 0 Å². The van der Waals surface area contributed by atoms with Crippen LogP contribution in [0.15, 0.2) is 71.6 Å². The molecule has 0 heterocycles. The van der Waals surface area contributed by atoms with E-state index in [1.807, 2.05) is 13.8 Å². The van der Waals surface area contributed by atoms with Crippen LogP contribution in [0.5, 0.6) is 0 Å². The minimum atomic E-state index is -4.17. The van der Waals surface area contributed by atoms with Gasteiger partial charge in [-0.1, -0.05) is 66.0 Å². The molecule has 0 aliphatic carbocycles. The second-order valence-electron chi connectivity index (χ2n) is 9.51. The molecule has 2 amide bonds. The van der Waals surface area contributed by atoms with Crippen LogP contribution in [0.25, 0.3) is 0 Å². The number of amides is 2. The molecule has 214 valence electrons. The van der Waals surface area contributed by atoms with Crippen LogP contribution in [0.1, 0.15) is 38.3 Å². The molecule has 0 aliphatic heterocycles. The minimum Gasteiger partial charge on any atom is -0.352 e. The monoisotopic (exact) mass is 623 g/mol. The van der Waals surface area contributed by atoms with E-state index in [1.54, 1.807) is 68.4 Å². The van der Waals surface area contributed by atoms with Gasteiger partial charge in [-0.15, -0.1) is 0 Å². The Labute approximate surface area is 251 Å². The zero-order valence-electron chi connectivity index (χ0n) is 22.7. The molecule has 1 N–H and O–H groups in total. The van der Waals surface area contributed by atoms with E-state index in [9.17, 15) is 18.0 Å². The van der Waals surface area contributed by atoms with E-state index in [0.717, 1.165) is 4.31 Å². The number of halogens is 3. The number of benzene rings is 3. The van der Waals surface area contributed by atoms with E-state index < -0.39 is 28.5 Å². The number of carbonyl (C=O) groups excluding carboxylic acids is 2. The average molecular weight is 625 g/mol. The fourth-order valence-corrected chi connectivity index (χ4v) is 6.21. The Morgan fingerprint density at radius 2 is 1.55 bits per heavy atom. The van der Waals surface area contributed by atoms with E-state index in [2.05, 4.69) is 5.32 Å². The fourth-order valence-electron chi connectivity index (χ4n) is 4.01. The zero-order valence-corrected chi connectivity index (χ0v) is 25.8. The summed E-state index contributed by atoms with van der Waals surface area (Å²) in [5.74, 6) is -0.959. The predicted molar refractivity (Wildman–Crippen MR) is 162 cm³/mol. The van der Waals surface area contributed by atoms with Gasteiger partial charge in [0, 0.05) is 27.7 Å². The molecule has 0 saturated carbocycles. The van der Waals surface area contributed by atoms with Crippen molar-refractivity contribution >= 4 is 62.3 Å². The second-order valence-corrected chi connectivity index (χ2v) is 12.6. The third-order valence-electron chi connectivity index (χ3n) is 6.56. The molecule has 0 aromatic heterocycles. The first-order valence-corrected chi connectivity index (χ1v) is 15.3. The first kappa shape index (κ1) is 31.7. The summed E-state index contributed by atoms with van der Waals surface area (Å²) in [4.78, 5) is 28.5. The average Bonchev–Trinajstić information content (AvgIpc) is 2.91. The smallest absolute Gasteiger partial charge is 0.264 e. The van der Waals surface area contributed by atoms with Gasteiger partial charge in [-0.05, 0) is 80.8 Å². The molecular formula is C29H32Cl3N3O4S. The van der Waals surface area contributed by atoms with E-state index in [0.29, 0.717) is 38.3 Å². The highest BCUT2D eigenvalue weighted by molar-refractivity contribution is 7.92. The van der Waals surface area contributed by atoms with Crippen molar-refractivity contribution in [1.82, 2.24) is 10.2 Å². The third-order valence-corrected chi connectivity index (χ3v) is 9.16. The Hall–Kier alpha value is -2.78. The Morgan fingerprint density at radius 1 is 0.925 bits per heavy atom. The Kier molecular flexibility index (Phi) is 10.9. The molecule has 3 aromatic carbocycles. The molecule has 40 heavy (non-hydrogen) atoms. The van der Waals surface area contributed by atoms with Gasteiger partial charge >= 0.3 is 0 Å². The first-order chi connectivity index (χ1) is 18.8. The number of anilines is 1. The number of hydrogen-bond acceptors (Lipinski definition) is 4. The van der Waals surface area contributed by atoms with E-state index in [1.165, 1.54) is 17.0 Å². The van der Waals surface area contributed by atoms with Gasteiger partial charge in [-0.3, -0.25) is 13.9 Å². The molecule has 0 fully saturated rings. The quantitative estimate of drug-likeness (QED) is 0.265. The fraction of sp³-hybridized carbons (Fsp3) is 0.310. The van der Waals surface area contributed by atoms with Crippen molar-refractivity contribution in [1.29, 1.82) is 0 Å². The normalized spacial score (nSPS) is 12.9.